The van der Waals surface area contributed by atoms with Gasteiger partial charge in [0.2, 0.25) is 0 Å². The molecule has 0 aromatic carbocycles. The lowest BCUT2D eigenvalue weighted by Gasteiger charge is -2.40. The molecule has 0 heterocycles. The second-order valence-electron chi connectivity index (χ2n) is 19.1. The van der Waals surface area contributed by atoms with Crippen LogP contribution in [0.25, 0.3) is 0 Å². The first-order valence-electron chi connectivity index (χ1n) is 27.1. The van der Waals surface area contributed by atoms with E-state index in [1.54, 1.807) is 0 Å². The Morgan fingerprint density at radius 2 is 0.255 bits per heavy atom. The maximum absolute atomic E-state index is 2.34. The van der Waals surface area contributed by atoms with Crippen molar-refractivity contribution >= 4 is 0 Å². The van der Waals surface area contributed by atoms with Crippen LogP contribution in [0.1, 0.15) is 323 Å². The van der Waals surface area contributed by atoms with Crippen LogP contribution in [0.4, 0.5) is 0 Å². The lowest BCUT2D eigenvalue weighted by molar-refractivity contribution is -0.929. The van der Waals surface area contributed by atoms with Crippen molar-refractivity contribution in [1.29, 1.82) is 0 Å². The Labute approximate surface area is 352 Å². The fraction of sp³-hybridized carbons (Fsp3) is 1.00. The Kier molecular flexibility index (Phi) is 48.3. The van der Waals surface area contributed by atoms with Crippen molar-refractivity contribution in [2.45, 2.75) is 323 Å². The van der Waals surface area contributed by atoms with E-state index in [0.29, 0.717) is 0 Å². The monoisotopic (exact) mass is 775 g/mol. The third-order valence-corrected chi connectivity index (χ3v) is 13.4. The van der Waals surface area contributed by atoms with E-state index in [1.807, 2.05) is 0 Å². The van der Waals surface area contributed by atoms with Gasteiger partial charge in [-0.25, -0.2) is 0 Å². The summed E-state index contributed by atoms with van der Waals surface area (Å²) in [6.07, 6.45) is 67.7. The first-order valence-corrected chi connectivity index (χ1v) is 27.1. The van der Waals surface area contributed by atoms with Gasteiger partial charge in [0.25, 0.3) is 0 Å². The highest BCUT2D eigenvalue weighted by Crippen LogP contribution is 2.22. The van der Waals surface area contributed by atoms with Gasteiger partial charge in [-0.05, 0) is 51.4 Å². The molecule has 0 aliphatic carbocycles. The molecular weight excluding hydrogens is 663 g/mol. The number of nitrogens with zero attached hydrogens (tertiary/aromatic N) is 1. The van der Waals surface area contributed by atoms with Crippen molar-refractivity contribution in [2.75, 3.05) is 26.2 Å². The summed E-state index contributed by atoms with van der Waals surface area (Å²) in [6.45, 7) is 15.3. The van der Waals surface area contributed by atoms with E-state index in [0.717, 1.165) is 0 Å². The molecule has 0 bridgehead atoms. The molecule has 0 unspecified atom stereocenters. The first kappa shape index (κ1) is 55.0. The summed E-state index contributed by atoms with van der Waals surface area (Å²) in [5, 5.41) is 0. The second-order valence-corrected chi connectivity index (χ2v) is 19.1. The quantitative estimate of drug-likeness (QED) is 0.0426. The zero-order chi connectivity index (χ0) is 39.9. The average Bonchev–Trinajstić information content (AvgIpc) is 3.19. The summed E-state index contributed by atoms with van der Waals surface area (Å²) in [5.74, 6) is 0. The molecule has 0 aliphatic heterocycles. The molecule has 1 heteroatoms. The van der Waals surface area contributed by atoms with Crippen LogP contribution < -0.4 is 0 Å². The largest absolute Gasteiger partial charge is 0.324 e. The summed E-state index contributed by atoms with van der Waals surface area (Å²) >= 11 is 0. The number of rotatable bonds is 50. The molecule has 0 amide bonds. The van der Waals surface area contributed by atoms with Gasteiger partial charge in [-0.2, -0.15) is 0 Å². The predicted octanol–water partition coefficient (Wildman–Crippen LogP) is 19.8. The lowest BCUT2D eigenvalue weighted by Crippen LogP contribution is -2.50. The molecule has 0 spiro atoms. The Morgan fingerprint density at radius 3 is 0.382 bits per heavy atom. The first-order chi connectivity index (χ1) is 27.2. The molecule has 0 atom stereocenters. The van der Waals surface area contributed by atoms with Crippen LogP contribution in [0.5, 0.6) is 0 Å². The summed E-state index contributed by atoms with van der Waals surface area (Å²) in [7, 11) is 0. The normalized spacial score (nSPS) is 12.0. The Hall–Kier alpha value is -0.0400. The van der Waals surface area contributed by atoms with Crippen LogP contribution in [0.3, 0.4) is 0 Å². The Balaban J connectivity index is 4.89. The molecule has 0 saturated heterocycles. The zero-order valence-corrected chi connectivity index (χ0v) is 39.8. The third kappa shape index (κ3) is 43.4. The minimum atomic E-state index is 1.37. The standard InChI is InChI=1S/C54H112N/c1-5-9-13-17-21-25-29-30-34-38-42-46-50-54-55(51-47-43-39-35-31-26-22-18-14-10-6-2,52-48-44-40-36-32-27-23-19-15-11-7-3)53-49-45-41-37-33-28-24-20-16-12-8-4/h5-54H2,1-4H3/q+1. The van der Waals surface area contributed by atoms with E-state index >= 15 is 0 Å². The van der Waals surface area contributed by atoms with Crippen LogP contribution in [-0.2, 0) is 0 Å². The molecule has 332 valence electrons. The summed E-state index contributed by atoms with van der Waals surface area (Å²) in [6, 6.07) is 0. The minimum absolute atomic E-state index is 1.37. The Bertz CT molecular complexity index is 591. The molecular formula is C54H112N+. The van der Waals surface area contributed by atoms with E-state index in [-0.39, 0.29) is 0 Å². The van der Waals surface area contributed by atoms with Crippen LogP contribution in [0.15, 0.2) is 0 Å². The van der Waals surface area contributed by atoms with Gasteiger partial charge in [0.1, 0.15) is 0 Å². The van der Waals surface area contributed by atoms with Crippen molar-refractivity contribution in [3.8, 4) is 0 Å². The van der Waals surface area contributed by atoms with Gasteiger partial charge in [-0.15, -0.1) is 0 Å². The van der Waals surface area contributed by atoms with Crippen LogP contribution in [-0.4, -0.2) is 30.7 Å². The molecule has 0 rings (SSSR count). The maximum atomic E-state index is 2.34. The highest BCUT2D eigenvalue weighted by Gasteiger charge is 2.25. The number of hydrogen-bond donors (Lipinski definition) is 0. The minimum Gasteiger partial charge on any atom is -0.324 e. The van der Waals surface area contributed by atoms with Gasteiger partial charge >= 0.3 is 0 Å². The van der Waals surface area contributed by atoms with Gasteiger partial charge in [0.05, 0.1) is 26.2 Å². The van der Waals surface area contributed by atoms with Gasteiger partial charge in [0, 0.05) is 0 Å². The number of unbranched alkanes of at least 4 members (excludes halogenated alkanes) is 42. The van der Waals surface area contributed by atoms with Gasteiger partial charge in [0.15, 0.2) is 0 Å². The number of quaternary nitrogens is 1. The lowest BCUT2D eigenvalue weighted by atomic mass is 10.0. The van der Waals surface area contributed by atoms with E-state index in [1.165, 1.54) is 326 Å². The highest BCUT2D eigenvalue weighted by atomic mass is 15.3. The van der Waals surface area contributed by atoms with Crippen molar-refractivity contribution in [3.05, 3.63) is 0 Å². The van der Waals surface area contributed by atoms with E-state index < -0.39 is 0 Å². The second kappa shape index (κ2) is 48.3. The molecule has 0 N–H and O–H groups in total. The molecule has 0 aromatic heterocycles. The van der Waals surface area contributed by atoms with Crippen molar-refractivity contribution in [3.63, 3.8) is 0 Å². The predicted molar refractivity (Wildman–Crippen MR) is 255 cm³/mol. The maximum Gasteiger partial charge on any atom is 0.0786 e. The number of hydrogen-bond acceptors (Lipinski definition) is 0. The summed E-state index contributed by atoms with van der Waals surface area (Å²) in [4.78, 5) is 0. The fourth-order valence-corrected chi connectivity index (χ4v) is 9.47. The van der Waals surface area contributed by atoms with Crippen LogP contribution in [0.2, 0.25) is 0 Å². The van der Waals surface area contributed by atoms with Crippen LogP contribution in [0, 0.1) is 0 Å². The van der Waals surface area contributed by atoms with Gasteiger partial charge in [-0.3, -0.25) is 0 Å². The molecule has 0 saturated carbocycles. The SMILES string of the molecule is CCCCCCCCCCCCCCC[N+](CCCCCCCCCCCCC)(CCCCCCCCCCCCC)CCCCCCCCCCCCC. The topological polar surface area (TPSA) is 0 Å². The van der Waals surface area contributed by atoms with E-state index in [9.17, 15) is 0 Å². The smallest absolute Gasteiger partial charge is 0.0786 e. The fourth-order valence-electron chi connectivity index (χ4n) is 9.47. The summed E-state index contributed by atoms with van der Waals surface area (Å²) in [5.41, 5.74) is 0. The van der Waals surface area contributed by atoms with Gasteiger partial charge < -0.3 is 4.48 Å². The molecule has 0 aromatic rings. The Morgan fingerprint density at radius 1 is 0.145 bits per heavy atom. The molecule has 0 radical (unpaired) electrons. The molecule has 55 heavy (non-hydrogen) atoms. The summed E-state index contributed by atoms with van der Waals surface area (Å²) < 4.78 is 1.49. The average molecular weight is 775 g/mol. The highest BCUT2D eigenvalue weighted by molar-refractivity contribution is 4.57. The third-order valence-electron chi connectivity index (χ3n) is 13.4. The van der Waals surface area contributed by atoms with Crippen LogP contribution >= 0.6 is 0 Å². The van der Waals surface area contributed by atoms with Crippen molar-refractivity contribution in [2.24, 2.45) is 0 Å². The van der Waals surface area contributed by atoms with Crippen molar-refractivity contribution < 1.29 is 4.48 Å². The zero-order valence-electron chi connectivity index (χ0n) is 39.8. The van der Waals surface area contributed by atoms with Gasteiger partial charge in [-0.1, -0.05) is 272 Å². The van der Waals surface area contributed by atoms with E-state index in [2.05, 4.69) is 27.7 Å². The van der Waals surface area contributed by atoms with Crippen molar-refractivity contribution in [1.82, 2.24) is 0 Å². The molecule has 1 nitrogen and oxygen atoms in total. The molecule has 0 fully saturated rings. The van der Waals surface area contributed by atoms with E-state index in [4.69, 9.17) is 0 Å². The molecule has 0 aliphatic rings.